The number of rotatable bonds is 5. The Balaban J connectivity index is 2.20. The Morgan fingerprint density at radius 1 is 1.23 bits per heavy atom. The third-order valence-corrected chi connectivity index (χ3v) is 3.45. The number of amides is 1. The lowest BCUT2D eigenvalue weighted by molar-refractivity contribution is 0.101. The van der Waals surface area contributed by atoms with Crippen molar-refractivity contribution in [2.45, 2.75) is 40.2 Å². The van der Waals surface area contributed by atoms with Crippen molar-refractivity contribution in [1.82, 2.24) is 9.78 Å². The molecule has 0 aliphatic heterocycles. The predicted molar refractivity (Wildman–Crippen MR) is 87.3 cm³/mol. The molecule has 0 unspecified atom stereocenters. The number of aromatic nitrogens is 2. The Labute approximate surface area is 130 Å². The van der Waals surface area contributed by atoms with Gasteiger partial charge >= 0.3 is 0 Å². The molecule has 1 heterocycles. The zero-order valence-corrected chi connectivity index (χ0v) is 13.2. The van der Waals surface area contributed by atoms with Crippen LogP contribution >= 0.6 is 0 Å². The lowest BCUT2D eigenvalue weighted by Gasteiger charge is -2.10. The minimum absolute atomic E-state index is 0.184. The van der Waals surface area contributed by atoms with E-state index >= 15 is 0 Å². The van der Waals surface area contributed by atoms with Gasteiger partial charge in [0.25, 0.3) is 11.5 Å². The summed E-state index contributed by atoms with van der Waals surface area (Å²) in [5, 5.41) is 6.98. The van der Waals surface area contributed by atoms with Crippen molar-refractivity contribution in [1.29, 1.82) is 0 Å². The molecule has 1 N–H and O–H groups in total. The number of anilines is 1. The molecule has 5 nitrogen and oxygen atoms in total. The summed E-state index contributed by atoms with van der Waals surface area (Å²) in [7, 11) is 0. The molecule has 1 aromatic heterocycles. The normalized spacial score (nSPS) is 10.5. The Morgan fingerprint density at radius 2 is 2.00 bits per heavy atom. The summed E-state index contributed by atoms with van der Waals surface area (Å²) in [6.45, 7) is 6.52. The van der Waals surface area contributed by atoms with E-state index in [1.54, 1.807) is 0 Å². The SMILES string of the molecule is CCCCn1nc(C(=O)Nc2ccc(C)cc2C)ccc1=O. The van der Waals surface area contributed by atoms with E-state index in [1.165, 1.54) is 16.8 Å². The van der Waals surface area contributed by atoms with E-state index in [0.717, 1.165) is 29.7 Å². The van der Waals surface area contributed by atoms with E-state index in [9.17, 15) is 9.59 Å². The molecular formula is C17H21N3O2. The molecule has 0 radical (unpaired) electrons. The van der Waals surface area contributed by atoms with Gasteiger partial charge in [-0.2, -0.15) is 5.10 Å². The molecule has 2 aromatic rings. The molecule has 0 saturated carbocycles. The highest BCUT2D eigenvalue weighted by atomic mass is 16.2. The highest BCUT2D eigenvalue weighted by molar-refractivity contribution is 6.03. The van der Waals surface area contributed by atoms with Gasteiger partial charge in [-0.25, -0.2) is 4.68 Å². The number of hydrogen-bond donors (Lipinski definition) is 1. The molecule has 2 rings (SSSR count). The molecule has 0 fully saturated rings. The largest absolute Gasteiger partial charge is 0.320 e. The number of unbranched alkanes of at least 4 members (excludes halogenated alkanes) is 1. The molecule has 5 heteroatoms. The average Bonchev–Trinajstić information content (AvgIpc) is 2.49. The highest BCUT2D eigenvalue weighted by Gasteiger charge is 2.11. The zero-order valence-electron chi connectivity index (χ0n) is 13.2. The molecule has 0 atom stereocenters. The van der Waals surface area contributed by atoms with Gasteiger partial charge < -0.3 is 5.32 Å². The monoisotopic (exact) mass is 299 g/mol. The minimum atomic E-state index is -0.308. The van der Waals surface area contributed by atoms with Crippen molar-refractivity contribution >= 4 is 11.6 Å². The number of benzene rings is 1. The van der Waals surface area contributed by atoms with E-state index in [-0.39, 0.29) is 17.2 Å². The van der Waals surface area contributed by atoms with Gasteiger partial charge in [0.2, 0.25) is 0 Å². The molecule has 1 amide bonds. The number of hydrogen-bond acceptors (Lipinski definition) is 3. The molecule has 0 aliphatic rings. The molecule has 1 aromatic carbocycles. The topological polar surface area (TPSA) is 64.0 Å². The maximum Gasteiger partial charge on any atom is 0.276 e. The molecule has 0 saturated heterocycles. The third kappa shape index (κ3) is 3.81. The lowest BCUT2D eigenvalue weighted by atomic mass is 10.1. The Bertz CT molecular complexity index is 735. The van der Waals surface area contributed by atoms with Crippen LogP contribution in [0.4, 0.5) is 5.69 Å². The van der Waals surface area contributed by atoms with Crippen LogP contribution in [0.25, 0.3) is 0 Å². The summed E-state index contributed by atoms with van der Waals surface area (Å²) in [6.07, 6.45) is 1.82. The summed E-state index contributed by atoms with van der Waals surface area (Å²) < 4.78 is 1.35. The second-order valence-electron chi connectivity index (χ2n) is 5.41. The number of carbonyl (C=O) groups is 1. The fourth-order valence-electron chi connectivity index (χ4n) is 2.18. The highest BCUT2D eigenvalue weighted by Crippen LogP contribution is 2.16. The summed E-state index contributed by atoms with van der Waals surface area (Å²) in [4.78, 5) is 24.0. The van der Waals surface area contributed by atoms with Crippen molar-refractivity contribution in [3.8, 4) is 0 Å². The number of aryl methyl sites for hydroxylation is 3. The molecule has 116 valence electrons. The zero-order chi connectivity index (χ0) is 16.1. The Morgan fingerprint density at radius 3 is 2.68 bits per heavy atom. The van der Waals surface area contributed by atoms with E-state index in [1.807, 2.05) is 39.0 Å². The molecule has 0 spiro atoms. The van der Waals surface area contributed by atoms with E-state index in [4.69, 9.17) is 0 Å². The van der Waals surface area contributed by atoms with Crippen LogP contribution in [-0.2, 0) is 6.54 Å². The van der Waals surface area contributed by atoms with Crippen molar-refractivity contribution in [2.75, 3.05) is 5.32 Å². The third-order valence-electron chi connectivity index (χ3n) is 3.45. The van der Waals surface area contributed by atoms with Crippen LogP contribution in [0.1, 0.15) is 41.4 Å². The number of nitrogens with zero attached hydrogens (tertiary/aromatic N) is 2. The first-order valence-corrected chi connectivity index (χ1v) is 7.48. The average molecular weight is 299 g/mol. The first-order chi connectivity index (χ1) is 10.5. The smallest absolute Gasteiger partial charge is 0.276 e. The molecule has 22 heavy (non-hydrogen) atoms. The summed E-state index contributed by atoms with van der Waals surface area (Å²) >= 11 is 0. The van der Waals surface area contributed by atoms with E-state index in [0.29, 0.717) is 6.54 Å². The van der Waals surface area contributed by atoms with Gasteiger partial charge in [0.1, 0.15) is 5.69 Å². The first-order valence-electron chi connectivity index (χ1n) is 7.48. The van der Waals surface area contributed by atoms with Crippen LogP contribution in [0.2, 0.25) is 0 Å². The van der Waals surface area contributed by atoms with Gasteiger partial charge in [0.15, 0.2) is 0 Å². The lowest BCUT2D eigenvalue weighted by Crippen LogP contribution is -2.26. The van der Waals surface area contributed by atoms with Gasteiger partial charge in [-0.15, -0.1) is 0 Å². The van der Waals surface area contributed by atoms with Gasteiger partial charge in [0.05, 0.1) is 0 Å². The van der Waals surface area contributed by atoms with Gasteiger partial charge in [-0.05, 0) is 38.0 Å². The summed E-state index contributed by atoms with van der Waals surface area (Å²) in [5.41, 5.74) is 2.95. The first kappa shape index (κ1) is 15.9. The predicted octanol–water partition coefficient (Wildman–Crippen LogP) is 2.91. The van der Waals surface area contributed by atoms with Crippen LogP contribution in [0.15, 0.2) is 35.1 Å². The van der Waals surface area contributed by atoms with Crippen molar-refractivity contribution in [2.24, 2.45) is 0 Å². The maximum atomic E-state index is 12.3. The van der Waals surface area contributed by atoms with Crippen LogP contribution in [-0.4, -0.2) is 15.7 Å². The van der Waals surface area contributed by atoms with Gasteiger partial charge in [-0.1, -0.05) is 31.0 Å². The quantitative estimate of drug-likeness (QED) is 0.923. The van der Waals surface area contributed by atoms with E-state index in [2.05, 4.69) is 10.4 Å². The molecule has 0 aliphatic carbocycles. The minimum Gasteiger partial charge on any atom is -0.320 e. The van der Waals surface area contributed by atoms with Crippen LogP contribution in [0.3, 0.4) is 0 Å². The molecule has 0 bridgehead atoms. The maximum absolute atomic E-state index is 12.3. The second kappa shape index (κ2) is 7.02. The standard InChI is InChI=1S/C17H21N3O2/c1-4-5-10-20-16(21)9-8-15(19-20)17(22)18-14-7-6-12(2)11-13(14)3/h6-9,11H,4-5,10H2,1-3H3,(H,18,22). The summed E-state index contributed by atoms with van der Waals surface area (Å²) in [5.74, 6) is -0.308. The van der Waals surface area contributed by atoms with Crippen molar-refractivity contribution in [3.05, 3.63) is 57.5 Å². The van der Waals surface area contributed by atoms with Crippen LogP contribution in [0, 0.1) is 13.8 Å². The molecular weight excluding hydrogens is 278 g/mol. The van der Waals surface area contributed by atoms with Gasteiger partial charge in [0, 0.05) is 18.3 Å². The van der Waals surface area contributed by atoms with Gasteiger partial charge in [-0.3, -0.25) is 9.59 Å². The Hall–Kier alpha value is -2.43. The number of carbonyl (C=O) groups excluding carboxylic acids is 1. The van der Waals surface area contributed by atoms with Crippen LogP contribution < -0.4 is 10.9 Å². The van der Waals surface area contributed by atoms with Crippen molar-refractivity contribution < 1.29 is 4.79 Å². The van der Waals surface area contributed by atoms with Crippen molar-refractivity contribution in [3.63, 3.8) is 0 Å². The number of nitrogens with one attached hydrogen (secondary N) is 1. The van der Waals surface area contributed by atoms with E-state index < -0.39 is 0 Å². The summed E-state index contributed by atoms with van der Waals surface area (Å²) in [6, 6.07) is 8.67. The fourth-order valence-corrected chi connectivity index (χ4v) is 2.18. The van der Waals surface area contributed by atoms with Crippen LogP contribution in [0.5, 0.6) is 0 Å². The fraction of sp³-hybridized carbons (Fsp3) is 0.353. The Kier molecular flexibility index (Phi) is 5.09. The second-order valence-corrected chi connectivity index (χ2v) is 5.41.